The topological polar surface area (TPSA) is 77.5 Å². The van der Waals surface area contributed by atoms with Crippen LogP contribution in [0.5, 0.6) is 5.75 Å². The number of thiazole rings is 1. The summed E-state index contributed by atoms with van der Waals surface area (Å²) in [6.07, 6.45) is -3.55. The first-order valence-corrected chi connectivity index (χ1v) is 10.2. The van der Waals surface area contributed by atoms with Gasteiger partial charge >= 0.3 is 12.3 Å². The van der Waals surface area contributed by atoms with Crippen LogP contribution in [0.3, 0.4) is 0 Å². The summed E-state index contributed by atoms with van der Waals surface area (Å²) in [6, 6.07) is 13.2. The van der Waals surface area contributed by atoms with E-state index in [1.54, 1.807) is 11.3 Å². The van der Waals surface area contributed by atoms with Crippen molar-refractivity contribution in [2.75, 3.05) is 6.61 Å². The van der Waals surface area contributed by atoms with Crippen LogP contribution in [0.1, 0.15) is 23.4 Å². The highest BCUT2D eigenvalue weighted by atomic mass is 32.1. The third-order valence-electron chi connectivity index (χ3n) is 4.15. The Balaban J connectivity index is 1.37. The molecule has 0 spiro atoms. The Hall–Kier alpha value is -3.14. The van der Waals surface area contributed by atoms with Crippen LogP contribution in [0, 0.1) is 0 Å². The molecule has 1 aromatic heterocycles. The van der Waals surface area contributed by atoms with E-state index in [-0.39, 0.29) is 18.5 Å². The first kappa shape index (κ1) is 22.5. The number of fused-ring (bicyclic) bond motifs is 1. The van der Waals surface area contributed by atoms with Crippen molar-refractivity contribution in [2.45, 2.75) is 32.2 Å². The number of rotatable bonds is 9. The molecule has 0 unspecified atom stereocenters. The van der Waals surface area contributed by atoms with E-state index < -0.39 is 30.6 Å². The number of hydrogen-bond acceptors (Lipinski definition) is 6. The maximum absolute atomic E-state index is 12.4. The molecule has 0 aliphatic rings. The third kappa shape index (κ3) is 7.25. The zero-order chi connectivity index (χ0) is 22.3. The number of esters is 1. The highest BCUT2D eigenvalue weighted by Crippen LogP contribution is 2.26. The summed E-state index contributed by atoms with van der Waals surface area (Å²) >= 11 is 1.57. The molecule has 0 aliphatic carbocycles. The van der Waals surface area contributed by atoms with E-state index in [4.69, 9.17) is 4.74 Å². The number of halogens is 3. The van der Waals surface area contributed by atoms with Crippen LogP contribution in [-0.2, 0) is 27.3 Å². The van der Waals surface area contributed by atoms with Gasteiger partial charge in [0.2, 0.25) is 0 Å². The fourth-order valence-electron chi connectivity index (χ4n) is 2.75. The Morgan fingerprint density at radius 2 is 1.81 bits per heavy atom. The van der Waals surface area contributed by atoms with Crippen molar-refractivity contribution >= 4 is 33.4 Å². The van der Waals surface area contributed by atoms with Crippen molar-refractivity contribution in [3.8, 4) is 5.75 Å². The summed E-state index contributed by atoms with van der Waals surface area (Å²) in [5.74, 6) is -1.56. The van der Waals surface area contributed by atoms with Crippen LogP contribution in [0.25, 0.3) is 10.2 Å². The van der Waals surface area contributed by atoms with Crippen molar-refractivity contribution in [2.24, 2.45) is 0 Å². The van der Waals surface area contributed by atoms with Crippen LogP contribution in [0.2, 0.25) is 0 Å². The fraction of sp³-hybridized carbons (Fsp3) is 0.286. The molecule has 0 saturated heterocycles. The number of ether oxygens (including phenoxy) is 2. The highest BCUT2D eigenvalue weighted by molar-refractivity contribution is 7.18. The second-order valence-corrected chi connectivity index (χ2v) is 7.64. The molecule has 1 amide bonds. The summed E-state index contributed by atoms with van der Waals surface area (Å²) in [5.41, 5.74) is 1.07. The minimum atomic E-state index is -4.83. The number of carbonyl (C=O) groups excluding carboxylic acids is 2. The third-order valence-corrected chi connectivity index (χ3v) is 5.24. The molecule has 0 saturated carbocycles. The number of benzene rings is 2. The monoisotopic (exact) mass is 452 g/mol. The quantitative estimate of drug-likeness (QED) is 0.488. The van der Waals surface area contributed by atoms with Crippen LogP contribution < -0.4 is 10.1 Å². The average Bonchev–Trinajstić information content (AvgIpc) is 3.13. The minimum absolute atomic E-state index is 0.130. The van der Waals surface area contributed by atoms with Gasteiger partial charge in [-0.15, -0.1) is 24.5 Å². The Bertz CT molecular complexity index is 1020. The number of hydrogen-bond donors (Lipinski definition) is 1. The largest absolute Gasteiger partial charge is 0.573 e. The maximum Gasteiger partial charge on any atom is 0.573 e. The lowest BCUT2D eigenvalue weighted by Gasteiger charge is -2.13. The zero-order valence-electron chi connectivity index (χ0n) is 16.3. The van der Waals surface area contributed by atoms with E-state index in [2.05, 4.69) is 15.0 Å². The van der Waals surface area contributed by atoms with Crippen LogP contribution in [-0.4, -0.2) is 29.8 Å². The molecule has 31 heavy (non-hydrogen) atoms. The van der Waals surface area contributed by atoms with E-state index in [0.29, 0.717) is 12.8 Å². The van der Waals surface area contributed by atoms with Gasteiger partial charge in [0.05, 0.1) is 15.2 Å². The lowest BCUT2D eigenvalue weighted by atomic mass is 10.2. The Morgan fingerprint density at radius 1 is 1.06 bits per heavy atom. The second-order valence-electron chi connectivity index (χ2n) is 6.52. The van der Waals surface area contributed by atoms with Gasteiger partial charge in [-0.25, -0.2) is 4.98 Å². The molecule has 0 bridgehead atoms. The molecular weight excluding hydrogens is 433 g/mol. The fourth-order valence-corrected chi connectivity index (χ4v) is 3.76. The summed E-state index contributed by atoms with van der Waals surface area (Å²) in [4.78, 5) is 28.2. The number of para-hydroxylation sites is 2. The van der Waals surface area contributed by atoms with Gasteiger partial charge in [0, 0.05) is 18.5 Å². The molecule has 164 valence electrons. The molecule has 2 aromatic carbocycles. The summed E-state index contributed by atoms with van der Waals surface area (Å²) in [6.45, 7) is -0.706. The number of aromatic nitrogens is 1. The molecule has 10 heteroatoms. The van der Waals surface area contributed by atoms with Gasteiger partial charge in [-0.2, -0.15) is 0 Å². The Morgan fingerprint density at radius 3 is 2.58 bits per heavy atom. The van der Waals surface area contributed by atoms with Gasteiger partial charge in [-0.3, -0.25) is 9.59 Å². The highest BCUT2D eigenvalue weighted by Gasteiger charge is 2.32. The summed E-state index contributed by atoms with van der Waals surface area (Å²) in [5, 5.41) is 3.33. The normalized spacial score (nSPS) is 11.3. The van der Waals surface area contributed by atoms with E-state index in [1.807, 2.05) is 24.3 Å². The van der Waals surface area contributed by atoms with E-state index in [1.165, 1.54) is 18.2 Å². The van der Waals surface area contributed by atoms with Gasteiger partial charge in [-0.1, -0.05) is 30.3 Å². The molecular formula is C21H19F3N2O4S. The lowest BCUT2D eigenvalue weighted by molar-refractivity contribution is -0.274. The smallest absolute Gasteiger partial charge is 0.456 e. The van der Waals surface area contributed by atoms with Gasteiger partial charge in [0.15, 0.2) is 6.61 Å². The molecule has 0 fully saturated rings. The maximum atomic E-state index is 12.4. The summed E-state index contributed by atoms with van der Waals surface area (Å²) < 4.78 is 47.2. The molecule has 0 radical (unpaired) electrons. The molecule has 0 atom stereocenters. The number of nitrogens with zero attached hydrogens (tertiary/aromatic N) is 1. The van der Waals surface area contributed by atoms with Crippen molar-refractivity contribution < 1.29 is 32.2 Å². The molecule has 1 N–H and O–H groups in total. The number of alkyl halides is 3. The SMILES string of the molecule is O=C(COC(=O)CCCc1nc2ccccc2s1)NCc1ccccc1OC(F)(F)F. The van der Waals surface area contributed by atoms with Crippen molar-refractivity contribution in [3.05, 3.63) is 59.1 Å². The average molecular weight is 452 g/mol. The van der Waals surface area contributed by atoms with Crippen LogP contribution in [0.15, 0.2) is 48.5 Å². The standard InChI is InChI=1S/C21H19F3N2O4S/c22-21(23,24)30-16-8-3-1-6-14(16)12-25-18(27)13-29-20(28)11-5-10-19-26-15-7-2-4-9-17(15)31-19/h1-4,6-9H,5,10-13H2,(H,25,27). The first-order chi connectivity index (χ1) is 14.8. The minimum Gasteiger partial charge on any atom is -0.456 e. The van der Waals surface area contributed by atoms with Crippen molar-refractivity contribution in [1.29, 1.82) is 0 Å². The van der Waals surface area contributed by atoms with E-state index >= 15 is 0 Å². The molecule has 1 heterocycles. The molecule has 3 rings (SSSR count). The van der Waals surface area contributed by atoms with Gasteiger partial charge < -0.3 is 14.8 Å². The van der Waals surface area contributed by atoms with Crippen molar-refractivity contribution in [1.82, 2.24) is 10.3 Å². The number of amides is 1. The Labute approximate surface area is 180 Å². The van der Waals surface area contributed by atoms with Crippen molar-refractivity contribution in [3.63, 3.8) is 0 Å². The van der Waals surface area contributed by atoms with Gasteiger partial charge in [-0.05, 0) is 31.0 Å². The van der Waals surface area contributed by atoms with E-state index in [9.17, 15) is 22.8 Å². The molecule has 6 nitrogen and oxygen atoms in total. The number of aryl methyl sites for hydroxylation is 1. The number of carbonyl (C=O) groups is 2. The lowest BCUT2D eigenvalue weighted by Crippen LogP contribution is -2.29. The van der Waals surface area contributed by atoms with E-state index in [0.717, 1.165) is 21.3 Å². The molecule has 0 aliphatic heterocycles. The van der Waals surface area contributed by atoms with Gasteiger partial charge in [0.1, 0.15) is 5.75 Å². The van der Waals surface area contributed by atoms with Crippen LogP contribution in [0.4, 0.5) is 13.2 Å². The first-order valence-electron chi connectivity index (χ1n) is 9.40. The Kier molecular flexibility index (Phi) is 7.45. The zero-order valence-corrected chi connectivity index (χ0v) is 17.1. The summed E-state index contributed by atoms with van der Waals surface area (Å²) in [7, 11) is 0. The number of nitrogens with one attached hydrogen (secondary N) is 1. The predicted molar refractivity (Wildman–Crippen MR) is 108 cm³/mol. The second kappa shape index (κ2) is 10.3. The predicted octanol–water partition coefficient (Wildman–Crippen LogP) is 4.38. The molecule has 3 aromatic rings. The van der Waals surface area contributed by atoms with Gasteiger partial charge in [0.25, 0.3) is 5.91 Å². The van der Waals surface area contributed by atoms with Crippen LogP contribution >= 0.6 is 11.3 Å².